The molecule has 5 rings (SSSR count). The molecule has 0 spiro atoms. The lowest BCUT2D eigenvalue weighted by Crippen LogP contribution is -2.49. The van der Waals surface area contributed by atoms with E-state index in [-0.39, 0.29) is 5.91 Å². The fraction of sp³-hybridized carbons (Fsp3) is 0.280. The van der Waals surface area contributed by atoms with E-state index in [1.165, 1.54) is 12.1 Å². The predicted octanol–water partition coefficient (Wildman–Crippen LogP) is 3.84. The van der Waals surface area contributed by atoms with Crippen molar-refractivity contribution in [3.8, 4) is 5.69 Å². The number of anilines is 1. The van der Waals surface area contributed by atoms with Gasteiger partial charge in [0.15, 0.2) is 5.65 Å². The number of carbonyl (C=O) groups is 1. The minimum atomic E-state index is -0.403. The SMILES string of the molecule is Cc1nc(N2CCN(C(=O)c3cccc(F)c3)CC2)c2c(C)nn(-c3ccccc3C)c2n1. The van der Waals surface area contributed by atoms with Crippen LogP contribution in [0, 0.1) is 26.6 Å². The molecule has 0 aliphatic carbocycles. The van der Waals surface area contributed by atoms with Crippen LogP contribution >= 0.6 is 0 Å². The molecule has 1 fully saturated rings. The quantitative estimate of drug-likeness (QED) is 0.480. The van der Waals surface area contributed by atoms with Crippen LogP contribution in [0.1, 0.15) is 27.4 Å². The van der Waals surface area contributed by atoms with Gasteiger partial charge in [-0.15, -0.1) is 0 Å². The van der Waals surface area contributed by atoms with E-state index in [2.05, 4.69) is 17.9 Å². The van der Waals surface area contributed by atoms with Crippen molar-refractivity contribution in [1.82, 2.24) is 24.6 Å². The Morgan fingerprint density at radius 3 is 2.42 bits per heavy atom. The predicted molar refractivity (Wildman–Crippen MR) is 125 cm³/mol. The fourth-order valence-electron chi connectivity index (χ4n) is 4.39. The third kappa shape index (κ3) is 3.82. The van der Waals surface area contributed by atoms with Crippen LogP contribution in [0.2, 0.25) is 0 Å². The molecule has 7 nitrogen and oxygen atoms in total. The first kappa shape index (κ1) is 21.1. The van der Waals surface area contributed by atoms with Crippen LogP contribution in [-0.2, 0) is 0 Å². The number of aryl methyl sites for hydroxylation is 3. The van der Waals surface area contributed by atoms with Gasteiger partial charge in [-0.05, 0) is 50.6 Å². The zero-order valence-corrected chi connectivity index (χ0v) is 18.9. The largest absolute Gasteiger partial charge is 0.352 e. The Balaban J connectivity index is 1.45. The zero-order valence-electron chi connectivity index (χ0n) is 18.9. The fourth-order valence-corrected chi connectivity index (χ4v) is 4.39. The molecular weight excluding hydrogens is 419 g/mol. The van der Waals surface area contributed by atoms with Gasteiger partial charge in [0.2, 0.25) is 0 Å². The third-order valence-corrected chi connectivity index (χ3v) is 6.08. The maximum Gasteiger partial charge on any atom is 0.254 e. The Morgan fingerprint density at radius 1 is 0.939 bits per heavy atom. The Labute approximate surface area is 191 Å². The summed E-state index contributed by atoms with van der Waals surface area (Å²) in [6.45, 7) is 8.24. The summed E-state index contributed by atoms with van der Waals surface area (Å²) in [5.41, 5.74) is 4.12. The Kier molecular flexibility index (Phi) is 5.28. The molecule has 2 aromatic heterocycles. The van der Waals surface area contributed by atoms with Gasteiger partial charge in [0.05, 0.1) is 16.8 Å². The van der Waals surface area contributed by atoms with Crippen molar-refractivity contribution < 1.29 is 9.18 Å². The number of carbonyl (C=O) groups excluding carboxylic acids is 1. The summed E-state index contributed by atoms with van der Waals surface area (Å²) in [5.74, 6) is 0.958. The second-order valence-electron chi connectivity index (χ2n) is 8.37. The molecule has 1 aliphatic rings. The van der Waals surface area contributed by atoms with E-state index in [0.29, 0.717) is 37.6 Å². The number of hydrogen-bond acceptors (Lipinski definition) is 5. The van der Waals surface area contributed by atoms with Crippen LogP contribution in [0.3, 0.4) is 0 Å². The van der Waals surface area contributed by atoms with Gasteiger partial charge >= 0.3 is 0 Å². The number of nitrogens with zero attached hydrogens (tertiary/aromatic N) is 6. The molecule has 1 saturated heterocycles. The highest BCUT2D eigenvalue weighted by Crippen LogP contribution is 2.30. The molecule has 0 saturated carbocycles. The standard InChI is InChI=1S/C25H25FN6O/c1-16-7-4-5-10-21(16)32-24-22(17(2)29-32)23(27-18(3)28-24)30-11-13-31(14-12-30)25(33)19-8-6-9-20(26)15-19/h4-10,15H,11-14H2,1-3H3. The highest BCUT2D eigenvalue weighted by molar-refractivity contribution is 5.95. The summed E-state index contributed by atoms with van der Waals surface area (Å²) in [7, 11) is 0. The van der Waals surface area contributed by atoms with Gasteiger partial charge in [-0.1, -0.05) is 24.3 Å². The van der Waals surface area contributed by atoms with E-state index >= 15 is 0 Å². The first-order valence-electron chi connectivity index (χ1n) is 11.0. The molecule has 8 heteroatoms. The Hall–Kier alpha value is -3.81. The summed E-state index contributed by atoms with van der Waals surface area (Å²) in [6.07, 6.45) is 0. The lowest BCUT2D eigenvalue weighted by atomic mass is 10.1. The van der Waals surface area contributed by atoms with E-state index in [1.807, 2.05) is 36.7 Å². The van der Waals surface area contributed by atoms with E-state index in [0.717, 1.165) is 33.8 Å². The number of rotatable bonds is 3. The highest BCUT2D eigenvalue weighted by Gasteiger charge is 2.26. The average Bonchev–Trinajstić information content (AvgIpc) is 3.14. The number of benzene rings is 2. The van der Waals surface area contributed by atoms with E-state index in [9.17, 15) is 9.18 Å². The van der Waals surface area contributed by atoms with Crippen molar-refractivity contribution in [3.63, 3.8) is 0 Å². The summed E-state index contributed by atoms with van der Waals surface area (Å²) >= 11 is 0. The van der Waals surface area contributed by atoms with E-state index in [1.54, 1.807) is 17.0 Å². The Morgan fingerprint density at radius 2 is 1.70 bits per heavy atom. The second-order valence-corrected chi connectivity index (χ2v) is 8.37. The number of fused-ring (bicyclic) bond motifs is 1. The lowest BCUT2D eigenvalue weighted by Gasteiger charge is -2.35. The number of hydrogen-bond donors (Lipinski definition) is 0. The van der Waals surface area contributed by atoms with Crippen LogP contribution in [0.15, 0.2) is 48.5 Å². The Bertz CT molecular complexity index is 1360. The second kappa shape index (κ2) is 8.27. The van der Waals surface area contributed by atoms with Gasteiger partial charge in [0, 0.05) is 31.7 Å². The molecule has 33 heavy (non-hydrogen) atoms. The van der Waals surface area contributed by atoms with Crippen LogP contribution in [0.25, 0.3) is 16.7 Å². The zero-order chi connectivity index (χ0) is 23.1. The van der Waals surface area contributed by atoms with Gasteiger partial charge < -0.3 is 9.80 Å². The number of amides is 1. The molecular formula is C25H25FN6O. The molecule has 0 radical (unpaired) electrons. The maximum absolute atomic E-state index is 13.6. The monoisotopic (exact) mass is 444 g/mol. The van der Waals surface area contributed by atoms with Crippen molar-refractivity contribution in [2.24, 2.45) is 0 Å². The highest BCUT2D eigenvalue weighted by atomic mass is 19.1. The normalized spacial score (nSPS) is 14.2. The molecule has 3 heterocycles. The molecule has 0 unspecified atom stereocenters. The minimum Gasteiger partial charge on any atom is -0.352 e. The average molecular weight is 445 g/mol. The van der Waals surface area contributed by atoms with Crippen molar-refractivity contribution in [2.45, 2.75) is 20.8 Å². The van der Waals surface area contributed by atoms with Crippen molar-refractivity contribution >= 4 is 22.8 Å². The van der Waals surface area contributed by atoms with Gasteiger partial charge in [-0.2, -0.15) is 5.10 Å². The van der Waals surface area contributed by atoms with Crippen molar-refractivity contribution in [3.05, 3.63) is 77.0 Å². The first-order chi connectivity index (χ1) is 15.9. The summed E-state index contributed by atoms with van der Waals surface area (Å²) in [4.78, 5) is 26.2. The molecule has 2 aromatic carbocycles. The molecule has 1 amide bonds. The van der Waals surface area contributed by atoms with E-state index in [4.69, 9.17) is 15.1 Å². The lowest BCUT2D eigenvalue weighted by molar-refractivity contribution is 0.0746. The van der Waals surface area contributed by atoms with Gasteiger partial charge in [0.1, 0.15) is 17.5 Å². The van der Waals surface area contributed by atoms with Gasteiger partial charge in [-0.25, -0.2) is 19.0 Å². The summed E-state index contributed by atoms with van der Waals surface area (Å²) in [6, 6.07) is 13.9. The van der Waals surface area contributed by atoms with Gasteiger partial charge in [0.25, 0.3) is 5.91 Å². The van der Waals surface area contributed by atoms with Crippen LogP contribution in [0.4, 0.5) is 10.2 Å². The van der Waals surface area contributed by atoms with E-state index < -0.39 is 5.82 Å². The molecule has 0 N–H and O–H groups in total. The number of halogens is 1. The van der Waals surface area contributed by atoms with Crippen molar-refractivity contribution in [1.29, 1.82) is 0 Å². The number of piperazine rings is 1. The van der Waals surface area contributed by atoms with Crippen molar-refractivity contribution in [2.75, 3.05) is 31.1 Å². The van der Waals surface area contributed by atoms with Crippen LogP contribution < -0.4 is 4.90 Å². The van der Waals surface area contributed by atoms with Crippen LogP contribution in [0.5, 0.6) is 0 Å². The first-order valence-corrected chi connectivity index (χ1v) is 11.0. The maximum atomic E-state index is 13.6. The molecule has 168 valence electrons. The van der Waals surface area contributed by atoms with Crippen LogP contribution in [-0.4, -0.2) is 56.7 Å². The molecule has 0 bridgehead atoms. The molecule has 1 aliphatic heterocycles. The smallest absolute Gasteiger partial charge is 0.254 e. The summed E-state index contributed by atoms with van der Waals surface area (Å²) in [5, 5.41) is 5.72. The number of aromatic nitrogens is 4. The summed E-state index contributed by atoms with van der Waals surface area (Å²) < 4.78 is 15.4. The molecule has 0 atom stereocenters. The minimum absolute atomic E-state index is 0.151. The van der Waals surface area contributed by atoms with Gasteiger partial charge in [-0.3, -0.25) is 4.79 Å². The molecule has 4 aromatic rings. The topological polar surface area (TPSA) is 67.2 Å². The number of para-hydroxylation sites is 1. The third-order valence-electron chi connectivity index (χ3n) is 6.08.